The van der Waals surface area contributed by atoms with Crippen molar-refractivity contribution in [3.8, 4) is 0 Å². The highest BCUT2D eigenvalue weighted by molar-refractivity contribution is 5.22. The molecule has 2 heterocycles. The van der Waals surface area contributed by atoms with Crippen molar-refractivity contribution >= 4 is 0 Å². The third-order valence-corrected chi connectivity index (χ3v) is 2.20. The lowest BCUT2D eigenvalue weighted by Gasteiger charge is -2.08. The van der Waals surface area contributed by atoms with Crippen LogP contribution in [0.25, 0.3) is 0 Å². The van der Waals surface area contributed by atoms with Crippen LogP contribution in [0.15, 0.2) is 24.7 Å². The van der Waals surface area contributed by atoms with Crippen molar-refractivity contribution in [1.29, 1.82) is 0 Å². The smallest absolute Gasteiger partial charge is 0.125 e. The molecule has 5 heteroatoms. The average molecular weight is 203 g/mol. The minimum Gasteiger partial charge on any atom is -0.319 e. The Labute approximate surface area is 88.0 Å². The van der Waals surface area contributed by atoms with Gasteiger partial charge in [0.25, 0.3) is 0 Å². The number of aromatic nitrogens is 4. The van der Waals surface area contributed by atoms with Crippen LogP contribution in [-0.4, -0.2) is 19.7 Å². The Morgan fingerprint density at radius 2 is 2.27 bits per heavy atom. The van der Waals surface area contributed by atoms with E-state index in [1.165, 1.54) is 0 Å². The highest BCUT2D eigenvalue weighted by atomic mass is 15.2. The van der Waals surface area contributed by atoms with Crippen LogP contribution >= 0.6 is 0 Å². The van der Waals surface area contributed by atoms with Crippen LogP contribution in [0, 0.1) is 6.92 Å². The van der Waals surface area contributed by atoms with Gasteiger partial charge in [0.05, 0.1) is 17.9 Å². The highest BCUT2D eigenvalue weighted by Crippen LogP contribution is 2.15. The Balaban J connectivity index is 2.32. The van der Waals surface area contributed by atoms with Crippen LogP contribution in [0.4, 0.5) is 0 Å². The SMILES string of the molecule is Cc1nccc(C(N)c2cnn(C)c2)n1. The Kier molecular flexibility index (Phi) is 2.47. The van der Waals surface area contributed by atoms with Crippen molar-refractivity contribution in [2.75, 3.05) is 0 Å². The summed E-state index contributed by atoms with van der Waals surface area (Å²) in [6.45, 7) is 1.85. The van der Waals surface area contributed by atoms with Gasteiger partial charge in [-0.15, -0.1) is 0 Å². The molecule has 0 aromatic carbocycles. The van der Waals surface area contributed by atoms with Gasteiger partial charge in [-0.25, -0.2) is 9.97 Å². The quantitative estimate of drug-likeness (QED) is 0.774. The first-order valence-corrected chi connectivity index (χ1v) is 4.70. The Morgan fingerprint density at radius 1 is 1.47 bits per heavy atom. The van der Waals surface area contributed by atoms with Crippen LogP contribution in [-0.2, 0) is 7.05 Å². The number of hydrogen-bond donors (Lipinski definition) is 1. The zero-order valence-electron chi connectivity index (χ0n) is 8.75. The Hall–Kier alpha value is -1.75. The molecule has 0 saturated carbocycles. The maximum atomic E-state index is 6.05. The van der Waals surface area contributed by atoms with Crippen molar-refractivity contribution in [2.45, 2.75) is 13.0 Å². The molecule has 5 nitrogen and oxygen atoms in total. The molecule has 0 aliphatic carbocycles. The topological polar surface area (TPSA) is 69.6 Å². The lowest BCUT2D eigenvalue weighted by molar-refractivity contribution is 0.762. The van der Waals surface area contributed by atoms with Crippen LogP contribution in [0.3, 0.4) is 0 Å². The third-order valence-electron chi connectivity index (χ3n) is 2.20. The van der Waals surface area contributed by atoms with Gasteiger partial charge in [-0.3, -0.25) is 4.68 Å². The molecular weight excluding hydrogens is 190 g/mol. The molecule has 0 bridgehead atoms. The molecule has 2 rings (SSSR count). The zero-order chi connectivity index (χ0) is 10.8. The van der Waals surface area contributed by atoms with Crippen LogP contribution in [0.1, 0.15) is 23.1 Å². The molecule has 0 amide bonds. The third kappa shape index (κ3) is 2.02. The Morgan fingerprint density at radius 3 is 2.87 bits per heavy atom. The van der Waals surface area contributed by atoms with Gasteiger partial charge in [0, 0.05) is 25.0 Å². The van der Waals surface area contributed by atoms with E-state index >= 15 is 0 Å². The van der Waals surface area contributed by atoms with Gasteiger partial charge in [-0.05, 0) is 13.0 Å². The molecule has 1 atom stereocenters. The first kappa shape index (κ1) is 9.79. The molecule has 78 valence electrons. The van der Waals surface area contributed by atoms with Crippen molar-refractivity contribution in [1.82, 2.24) is 19.7 Å². The van der Waals surface area contributed by atoms with Gasteiger partial charge < -0.3 is 5.73 Å². The summed E-state index contributed by atoms with van der Waals surface area (Å²) in [4.78, 5) is 8.32. The molecule has 1 unspecified atom stereocenters. The van der Waals surface area contributed by atoms with Gasteiger partial charge in [0.1, 0.15) is 5.82 Å². The molecule has 2 N–H and O–H groups in total. The molecular formula is C10H13N5. The van der Waals surface area contributed by atoms with Crippen molar-refractivity contribution in [2.24, 2.45) is 12.8 Å². The van der Waals surface area contributed by atoms with Crippen LogP contribution in [0.5, 0.6) is 0 Å². The monoisotopic (exact) mass is 203 g/mol. The molecule has 0 aliphatic rings. The van der Waals surface area contributed by atoms with E-state index in [1.54, 1.807) is 17.1 Å². The summed E-state index contributed by atoms with van der Waals surface area (Å²) in [6.07, 6.45) is 5.36. The molecule has 0 radical (unpaired) electrons. The molecule has 0 fully saturated rings. The van der Waals surface area contributed by atoms with Gasteiger partial charge in [0.2, 0.25) is 0 Å². The Bertz CT molecular complexity index is 462. The van der Waals surface area contributed by atoms with E-state index < -0.39 is 0 Å². The predicted molar refractivity (Wildman–Crippen MR) is 56.0 cm³/mol. The van der Waals surface area contributed by atoms with E-state index in [-0.39, 0.29) is 6.04 Å². The van der Waals surface area contributed by atoms with Crippen LogP contribution < -0.4 is 5.73 Å². The normalized spacial score (nSPS) is 12.7. The molecule has 2 aromatic rings. The molecule has 0 spiro atoms. The van der Waals surface area contributed by atoms with Crippen molar-refractivity contribution < 1.29 is 0 Å². The molecule has 15 heavy (non-hydrogen) atoms. The van der Waals surface area contributed by atoms with E-state index in [1.807, 2.05) is 26.2 Å². The summed E-state index contributed by atoms with van der Waals surface area (Å²) >= 11 is 0. The fraction of sp³-hybridized carbons (Fsp3) is 0.300. The van der Waals surface area contributed by atoms with E-state index in [9.17, 15) is 0 Å². The van der Waals surface area contributed by atoms with Crippen molar-refractivity contribution in [3.05, 3.63) is 41.7 Å². The fourth-order valence-electron chi connectivity index (χ4n) is 1.42. The second-order valence-corrected chi connectivity index (χ2v) is 3.45. The molecule has 0 saturated heterocycles. The number of nitrogens with two attached hydrogens (primary N) is 1. The maximum absolute atomic E-state index is 6.05. The van der Waals surface area contributed by atoms with Gasteiger partial charge in [-0.2, -0.15) is 5.10 Å². The average Bonchev–Trinajstić information content (AvgIpc) is 2.64. The summed E-state index contributed by atoms with van der Waals surface area (Å²) in [5.41, 5.74) is 7.82. The van der Waals surface area contributed by atoms with Gasteiger partial charge in [-0.1, -0.05) is 0 Å². The molecule has 2 aromatic heterocycles. The van der Waals surface area contributed by atoms with E-state index in [0.717, 1.165) is 17.1 Å². The predicted octanol–water partition coefficient (Wildman–Crippen LogP) is 0.567. The van der Waals surface area contributed by atoms with E-state index in [4.69, 9.17) is 5.73 Å². The highest BCUT2D eigenvalue weighted by Gasteiger charge is 2.11. The summed E-state index contributed by atoms with van der Waals surface area (Å²) in [6, 6.07) is 1.59. The summed E-state index contributed by atoms with van der Waals surface area (Å²) in [7, 11) is 1.86. The number of hydrogen-bond acceptors (Lipinski definition) is 4. The number of nitrogens with zero attached hydrogens (tertiary/aromatic N) is 4. The summed E-state index contributed by atoms with van der Waals surface area (Å²) in [5.74, 6) is 0.729. The largest absolute Gasteiger partial charge is 0.319 e. The second-order valence-electron chi connectivity index (χ2n) is 3.45. The number of rotatable bonds is 2. The van der Waals surface area contributed by atoms with E-state index in [0.29, 0.717) is 0 Å². The maximum Gasteiger partial charge on any atom is 0.125 e. The minimum atomic E-state index is -0.236. The van der Waals surface area contributed by atoms with Gasteiger partial charge >= 0.3 is 0 Å². The van der Waals surface area contributed by atoms with Crippen LogP contribution in [0.2, 0.25) is 0 Å². The first-order chi connectivity index (χ1) is 7.16. The first-order valence-electron chi connectivity index (χ1n) is 4.70. The zero-order valence-corrected chi connectivity index (χ0v) is 8.75. The lowest BCUT2D eigenvalue weighted by Crippen LogP contribution is -2.13. The second kappa shape index (κ2) is 3.78. The van der Waals surface area contributed by atoms with Crippen molar-refractivity contribution in [3.63, 3.8) is 0 Å². The van der Waals surface area contributed by atoms with E-state index in [2.05, 4.69) is 15.1 Å². The fourth-order valence-corrected chi connectivity index (χ4v) is 1.42. The van der Waals surface area contributed by atoms with Gasteiger partial charge in [0.15, 0.2) is 0 Å². The standard InChI is InChI=1S/C10H13N5/c1-7-12-4-3-9(14-7)10(11)8-5-13-15(2)6-8/h3-6,10H,11H2,1-2H3. The minimum absolute atomic E-state index is 0.236. The lowest BCUT2D eigenvalue weighted by atomic mass is 10.1. The number of aryl methyl sites for hydroxylation is 2. The summed E-state index contributed by atoms with van der Waals surface area (Å²) < 4.78 is 1.73. The molecule has 0 aliphatic heterocycles. The summed E-state index contributed by atoms with van der Waals surface area (Å²) in [5, 5.41) is 4.08.